The topological polar surface area (TPSA) is 3.24 Å². The van der Waals surface area contributed by atoms with Gasteiger partial charge in [0.15, 0.2) is 0 Å². The molecule has 0 heterocycles. The second kappa shape index (κ2) is 15.4. The van der Waals surface area contributed by atoms with E-state index in [2.05, 4.69) is 267 Å². The molecule has 0 saturated heterocycles. The average Bonchev–Trinajstić information content (AvgIpc) is 3.83. The molecule has 10 aromatic carbocycles. The van der Waals surface area contributed by atoms with Gasteiger partial charge in [0, 0.05) is 17.1 Å². The molecule has 10 aromatic rings. The Morgan fingerprint density at radius 3 is 1.00 bits per heavy atom. The maximum Gasteiger partial charge on any atom is 0.0714 e. The van der Waals surface area contributed by atoms with Crippen LogP contribution in [-0.2, 0) is 10.8 Å². The Hall–Kier alpha value is -8.00. The molecule has 1 nitrogen and oxygen atoms in total. The molecular formula is C64H47N. The summed E-state index contributed by atoms with van der Waals surface area (Å²) in [6.07, 6.45) is 0. The van der Waals surface area contributed by atoms with E-state index in [9.17, 15) is 0 Å². The first-order valence-corrected chi connectivity index (χ1v) is 22.7. The Kier molecular flexibility index (Phi) is 9.14. The molecule has 2 aliphatic carbocycles. The van der Waals surface area contributed by atoms with Gasteiger partial charge in [-0.3, -0.25) is 0 Å². The van der Waals surface area contributed by atoms with E-state index in [0.29, 0.717) is 0 Å². The van der Waals surface area contributed by atoms with Crippen molar-refractivity contribution >= 4 is 17.1 Å². The largest absolute Gasteiger partial charge is 0.310 e. The zero-order valence-corrected chi connectivity index (χ0v) is 36.6. The van der Waals surface area contributed by atoms with Gasteiger partial charge in [-0.2, -0.15) is 0 Å². The molecule has 0 bridgehead atoms. The van der Waals surface area contributed by atoms with Crippen molar-refractivity contribution in [1.82, 2.24) is 0 Å². The third-order valence-electron chi connectivity index (χ3n) is 14.1. The van der Waals surface area contributed by atoms with Crippen molar-refractivity contribution in [1.29, 1.82) is 0 Å². The van der Waals surface area contributed by atoms with Crippen LogP contribution in [0.25, 0.3) is 33.4 Å². The highest BCUT2D eigenvalue weighted by Gasteiger charge is 2.48. The number of rotatable bonds is 8. The lowest BCUT2D eigenvalue weighted by molar-refractivity contribution is 0.767. The van der Waals surface area contributed by atoms with E-state index >= 15 is 0 Å². The molecule has 12 rings (SSSR count). The molecule has 0 N–H and O–H groups in total. The summed E-state index contributed by atoms with van der Waals surface area (Å²) in [4.78, 5) is 2.49. The van der Waals surface area contributed by atoms with E-state index in [4.69, 9.17) is 0 Å². The Morgan fingerprint density at radius 1 is 0.262 bits per heavy atom. The van der Waals surface area contributed by atoms with E-state index < -0.39 is 10.8 Å². The molecule has 0 amide bonds. The summed E-state index contributed by atoms with van der Waals surface area (Å²) in [6, 6.07) is 92.8. The molecule has 308 valence electrons. The van der Waals surface area contributed by atoms with E-state index in [1.54, 1.807) is 0 Å². The maximum atomic E-state index is 2.49. The van der Waals surface area contributed by atoms with Gasteiger partial charge in [-0.15, -0.1) is 0 Å². The summed E-state index contributed by atoms with van der Waals surface area (Å²) in [5.74, 6) is 0. The standard InChI is InChI=1S/C64H47N/c1-44-39-45(2)41-47(40-44)46-31-33-52(34-32-46)65(53-35-37-57-55-27-15-17-29-59(55)63(61(57)42-53,48-19-7-3-8-20-48)49-21-9-4-10-22-49)54-36-38-58-56-28-16-18-30-60(56)64(62(58)43-54,50-23-11-5-12-24-50)51-25-13-6-14-26-51/h3-43H,1-2H3. The van der Waals surface area contributed by atoms with Crippen molar-refractivity contribution in [2.24, 2.45) is 0 Å². The van der Waals surface area contributed by atoms with Crippen LogP contribution in [0.4, 0.5) is 17.1 Å². The summed E-state index contributed by atoms with van der Waals surface area (Å²) < 4.78 is 0. The Balaban J connectivity index is 1.13. The van der Waals surface area contributed by atoms with Crippen LogP contribution in [0.5, 0.6) is 0 Å². The molecule has 0 aliphatic heterocycles. The first kappa shape index (κ1) is 38.7. The highest BCUT2D eigenvalue weighted by molar-refractivity contribution is 5.92. The minimum absolute atomic E-state index is 0.529. The van der Waals surface area contributed by atoms with Crippen LogP contribution in [-0.4, -0.2) is 0 Å². The summed E-state index contributed by atoms with van der Waals surface area (Å²) in [6.45, 7) is 4.36. The van der Waals surface area contributed by atoms with Crippen molar-refractivity contribution in [3.8, 4) is 33.4 Å². The van der Waals surface area contributed by atoms with Crippen molar-refractivity contribution in [3.05, 3.63) is 304 Å². The molecule has 0 radical (unpaired) electrons. The fourth-order valence-corrected chi connectivity index (χ4v) is 11.5. The molecule has 0 saturated carbocycles. The quantitative estimate of drug-likeness (QED) is 0.147. The highest BCUT2D eigenvalue weighted by Crippen LogP contribution is 2.59. The first-order valence-electron chi connectivity index (χ1n) is 22.7. The summed E-state index contributed by atoms with van der Waals surface area (Å²) in [5, 5.41) is 0. The number of fused-ring (bicyclic) bond motifs is 6. The number of hydrogen-bond donors (Lipinski definition) is 0. The lowest BCUT2D eigenvalue weighted by atomic mass is 9.67. The smallest absolute Gasteiger partial charge is 0.0714 e. The highest BCUT2D eigenvalue weighted by atomic mass is 15.1. The third kappa shape index (κ3) is 5.93. The molecule has 0 atom stereocenters. The van der Waals surface area contributed by atoms with Gasteiger partial charge >= 0.3 is 0 Å². The zero-order valence-electron chi connectivity index (χ0n) is 36.6. The summed E-state index contributed by atoms with van der Waals surface area (Å²) in [5.41, 5.74) is 22.5. The SMILES string of the molecule is Cc1cc(C)cc(-c2ccc(N(c3ccc4c(c3)C(c3ccccc3)(c3ccccc3)c3ccccc3-4)c3ccc4c(c3)C(c3ccccc3)(c3ccccc3)c3ccccc3-4)cc2)c1. The van der Waals surface area contributed by atoms with Crippen molar-refractivity contribution in [2.45, 2.75) is 24.7 Å². The monoisotopic (exact) mass is 829 g/mol. The number of benzene rings is 10. The molecular weight excluding hydrogens is 783 g/mol. The number of nitrogens with zero attached hydrogens (tertiary/aromatic N) is 1. The van der Waals surface area contributed by atoms with Crippen molar-refractivity contribution < 1.29 is 0 Å². The fourth-order valence-electron chi connectivity index (χ4n) is 11.5. The van der Waals surface area contributed by atoms with Crippen LogP contribution in [0.15, 0.2) is 249 Å². The van der Waals surface area contributed by atoms with Gasteiger partial charge in [-0.1, -0.05) is 223 Å². The van der Waals surface area contributed by atoms with Gasteiger partial charge in [-0.25, -0.2) is 0 Å². The van der Waals surface area contributed by atoms with Gasteiger partial charge < -0.3 is 4.90 Å². The maximum absolute atomic E-state index is 2.49. The predicted molar refractivity (Wildman–Crippen MR) is 271 cm³/mol. The Labute approximate surface area is 382 Å². The minimum Gasteiger partial charge on any atom is -0.310 e. The van der Waals surface area contributed by atoms with Crippen molar-refractivity contribution in [3.63, 3.8) is 0 Å². The molecule has 2 aliphatic rings. The van der Waals surface area contributed by atoms with Crippen LogP contribution in [0, 0.1) is 13.8 Å². The van der Waals surface area contributed by atoms with E-state index in [1.165, 1.54) is 89.0 Å². The number of aryl methyl sites for hydroxylation is 2. The van der Waals surface area contributed by atoms with Crippen molar-refractivity contribution in [2.75, 3.05) is 4.90 Å². The molecule has 0 unspecified atom stereocenters. The Morgan fingerprint density at radius 2 is 0.600 bits per heavy atom. The second-order valence-corrected chi connectivity index (χ2v) is 17.8. The molecule has 65 heavy (non-hydrogen) atoms. The average molecular weight is 830 g/mol. The van der Waals surface area contributed by atoms with E-state index in [0.717, 1.165) is 17.1 Å². The molecule has 0 fully saturated rings. The first-order chi connectivity index (χ1) is 32.0. The zero-order chi connectivity index (χ0) is 43.5. The molecule has 0 spiro atoms. The number of anilines is 3. The number of hydrogen-bond acceptors (Lipinski definition) is 1. The van der Waals surface area contributed by atoms with Crippen LogP contribution >= 0.6 is 0 Å². The van der Waals surface area contributed by atoms with E-state index in [1.807, 2.05) is 0 Å². The van der Waals surface area contributed by atoms with Crippen LogP contribution in [0.2, 0.25) is 0 Å². The summed E-state index contributed by atoms with van der Waals surface area (Å²) in [7, 11) is 0. The minimum atomic E-state index is -0.529. The van der Waals surface area contributed by atoms with Gasteiger partial charge in [-0.05, 0) is 128 Å². The van der Waals surface area contributed by atoms with E-state index in [-0.39, 0.29) is 0 Å². The van der Waals surface area contributed by atoms with Gasteiger partial charge in [0.05, 0.1) is 10.8 Å². The Bertz CT molecular complexity index is 3090. The molecule has 1 heteroatoms. The predicted octanol–water partition coefficient (Wildman–Crippen LogP) is 16.2. The third-order valence-corrected chi connectivity index (χ3v) is 14.1. The van der Waals surface area contributed by atoms with Crippen LogP contribution < -0.4 is 4.90 Å². The summed E-state index contributed by atoms with van der Waals surface area (Å²) >= 11 is 0. The van der Waals surface area contributed by atoms with Gasteiger partial charge in [0.2, 0.25) is 0 Å². The van der Waals surface area contributed by atoms with Crippen LogP contribution in [0.3, 0.4) is 0 Å². The van der Waals surface area contributed by atoms with Crippen LogP contribution in [0.1, 0.15) is 55.6 Å². The fraction of sp³-hybridized carbons (Fsp3) is 0.0625. The van der Waals surface area contributed by atoms with Gasteiger partial charge in [0.1, 0.15) is 0 Å². The second-order valence-electron chi connectivity index (χ2n) is 17.8. The lowest BCUT2D eigenvalue weighted by Crippen LogP contribution is -2.29. The van der Waals surface area contributed by atoms with Gasteiger partial charge in [0.25, 0.3) is 0 Å². The lowest BCUT2D eigenvalue weighted by Gasteiger charge is -2.36. The molecule has 0 aromatic heterocycles. The normalized spacial score (nSPS) is 13.6.